The van der Waals surface area contributed by atoms with Gasteiger partial charge in [-0.05, 0) is 56.0 Å². The fourth-order valence-corrected chi connectivity index (χ4v) is 5.48. The second kappa shape index (κ2) is 12.4. The Balaban J connectivity index is 0.00000363. The topological polar surface area (TPSA) is 73.8 Å². The normalized spacial score (nSPS) is 16.2. The predicted octanol–water partition coefficient (Wildman–Crippen LogP) is 4.38. The Kier molecular flexibility index (Phi) is 10.3. The molecule has 0 aliphatic carbocycles. The van der Waals surface area contributed by atoms with Crippen LogP contribution in [0.2, 0.25) is 0 Å². The van der Waals surface area contributed by atoms with Crippen LogP contribution in [0, 0.1) is 0 Å². The van der Waals surface area contributed by atoms with E-state index in [0.717, 1.165) is 13.1 Å². The maximum absolute atomic E-state index is 12.8. The number of aliphatic imine (C=N–C) groups is 1. The number of guanidine groups is 1. The van der Waals surface area contributed by atoms with E-state index in [4.69, 9.17) is 0 Å². The molecule has 1 aliphatic rings. The van der Waals surface area contributed by atoms with Crippen LogP contribution in [0.1, 0.15) is 44.7 Å². The zero-order chi connectivity index (χ0) is 22.3. The molecule has 0 aromatic heterocycles. The Bertz CT molecular complexity index is 977. The van der Waals surface area contributed by atoms with Crippen LogP contribution >= 0.6 is 24.0 Å². The monoisotopic (exact) mass is 570 g/mol. The standard InChI is InChI=1S/C24H34N4O2S.HI/c1-4-21(18-31(29,30)23-13-6-5-7-14-23)27-24(25-3)26-19(2)20-11-10-12-22(17-20)28-15-8-9-16-28;/h5-7,10-14,17,19,21H,4,8-9,15-16,18H2,1-3H3,(H2,25,26,27);1H. The summed E-state index contributed by atoms with van der Waals surface area (Å²) in [6.07, 6.45) is 3.17. The molecule has 1 heterocycles. The lowest BCUT2D eigenvalue weighted by Crippen LogP contribution is -2.46. The van der Waals surface area contributed by atoms with Crippen molar-refractivity contribution in [1.29, 1.82) is 0 Å². The van der Waals surface area contributed by atoms with Crippen molar-refractivity contribution in [3.8, 4) is 0 Å². The first-order chi connectivity index (χ1) is 14.9. The summed E-state index contributed by atoms with van der Waals surface area (Å²) in [6, 6.07) is 17.0. The van der Waals surface area contributed by atoms with Gasteiger partial charge in [-0.15, -0.1) is 24.0 Å². The van der Waals surface area contributed by atoms with Gasteiger partial charge in [-0.25, -0.2) is 8.42 Å². The van der Waals surface area contributed by atoms with Gasteiger partial charge in [0.15, 0.2) is 15.8 Å². The molecule has 6 nitrogen and oxygen atoms in total. The van der Waals surface area contributed by atoms with Crippen LogP contribution in [0.25, 0.3) is 0 Å². The molecule has 0 saturated carbocycles. The predicted molar refractivity (Wildman–Crippen MR) is 144 cm³/mol. The van der Waals surface area contributed by atoms with Crippen LogP contribution in [-0.4, -0.2) is 46.3 Å². The van der Waals surface area contributed by atoms with E-state index in [1.807, 2.05) is 13.0 Å². The first-order valence-corrected chi connectivity index (χ1v) is 12.7. The Labute approximate surface area is 209 Å². The Morgan fingerprint density at radius 2 is 1.75 bits per heavy atom. The van der Waals surface area contributed by atoms with E-state index >= 15 is 0 Å². The van der Waals surface area contributed by atoms with E-state index in [0.29, 0.717) is 17.3 Å². The van der Waals surface area contributed by atoms with Crippen molar-refractivity contribution < 1.29 is 8.42 Å². The fraction of sp³-hybridized carbons (Fsp3) is 0.458. The molecule has 32 heavy (non-hydrogen) atoms. The van der Waals surface area contributed by atoms with E-state index in [1.165, 1.54) is 24.1 Å². The lowest BCUT2D eigenvalue weighted by Gasteiger charge is -2.24. The second-order valence-electron chi connectivity index (χ2n) is 8.07. The smallest absolute Gasteiger partial charge is 0.191 e. The number of halogens is 1. The first-order valence-electron chi connectivity index (χ1n) is 11.1. The van der Waals surface area contributed by atoms with E-state index in [9.17, 15) is 8.42 Å². The number of sulfone groups is 1. The third kappa shape index (κ3) is 7.10. The Hall–Kier alpha value is -1.81. The van der Waals surface area contributed by atoms with E-state index in [2.05, 4.69) is 51.7 Å². The molecule has 1 aliphatic heterocycles. The number of nitrogens with zero attached hydrogens (tertiary/aromatic N) is 2. The molecular weight excluding hydrogens is 535 g/mol. The molecule has 0 amide bonds. The summed E-state index contributed by atoms with van der Waals surface area (Å²) >= 11 is 0. The summed E-state index contributed by atoms with van der Waals surface area (Å²) < 4.78 is 25.5. The Morgan fingerprint density at radius 1 is 1.06 bits per heavy atom. The molecule has 0 radical (unpaired) electrons. The first kappa shape index (κ1) is 26.4. The number of anilines is 1. The highest BCUT2D eigenvalue weighted by atomic mass is 127. The van der Waals surface area contributed by atoms with E-state index in [-0.39, 0.29) is 41.8 Å². The minimum absolute atomic E-state index is 0. The number of hydrogen-bond donors (Lipinski definition) is 2. The average molecular weight is 571 g/mol. The quantitative estimate of drug-likeness (QED) is 0.280. The summed E-state index contributed by atoms with van der Waals surface area (Å²) in [6.45, 7) is 6.30. The van der Waals surface area contributed by atoms with Crippen molar-refractivity contribution in [3.63, 3.8) is 0 Å². The highest BCUT2D eigenvalue weighted by Gasteiger charge is 2.22. The summed E-state index contributed by atoms with van der Waals surface area (Å²) in [5, 5.41) is 6.72. The molecule has 2 unspecified atom stereocenters. The highest BCUT2D eigenvalue weighted by Crippen LogP contribution is 2.24. The van der Waals surface area contributed by atoms with Crippen LogP contribution in [0.5, 0.6) is 0 Å². The van der Waals surface area contributed by atoms with Gasteiger partial charge in [0.25, 0.3) is 0 Å². The largest absolute Gasteiger partial charge is 0.372 e. The van der Waals surface area contributed by atoms with E-state index in [1.54, 1.807) is 31.3 Å². The van der Waals surface area contributed by atoms with Gasteiger partial charge >= 0.3 is 0 Å². The molecule has 0 bridgehead atoms. The molecule has 8 heteroatoms. The van der Waals surface area contributed by atoms with Crippen LogP contribution in [0.4, 0.5) is 5.69 Å². The van der Waals surface area contributed by atoms with Crippen molar-refractivity contribution in [1.82, 2.24) is 10.6 Å². The van der Waals surface area contributed by atoms with Gasteiger partial charge in [-0.1, -0.05) is 37.3 Å². The van der Waals surface area contributed by atoms with Crippen molar-refractivity contribution >= 4 is 45.5 Å². The highest BCUT2D eigenvalue weighted by molar-refractivity contribution is 14.0. The molecule has 2 aromatic rings. The van der Waals surface area contributed by atoms with Gasteiger partial charge in [0.2, 0.25) is 0 Å². The minimum Gasteiger partial charge on any atom is -0.372 e. The van der Waals surface area contributed by atoms with Gasteiger partial charge in [0.1, 0.15) is 0 Å². The maximum atomic E-state index is 12.8. The summed E-state index contributed by atoms with van der Waals surface area (Å²) in [4.78, 5) is 7.11. The van der Waals surface area contributed by atoms with Gasteiger partial charge < -0.3 is 15.5 Å². The van der Waals surface area contributed by atoms with Gasteiger partial charge in [0, 0.05) is 31.9 Å². The molecule has 0 spiro atoms. The van der Waals surface area contributed by atoms with Crippen molar-refractivity contribution in [2.75, 3.05) is 30.8 Å². The van der Waals surface area contributed by atoms with Gasteiger partial charge in [-0.2, -0.15) is 0 Å². The molecular formula is C24H35IN4O2S. The molecule has 1 fully saturated rings. The molecule has 1 saturated heterocycles. The van der Waals surface area contributed by atoms with Crippen LogP contribution in [0.15, 0.2) is 64.5 Å². The van der Waals surface area contributed by atoms with Crippen LogP contribution < -0.4 is 15.5 Å². The van der Waals surface area contributed by atoms with E-state index < -0.39 is 9.84 Å². The fourth-order valence-electron chi connectivity index (χ4n) is 3.87. The molecule has 2 aromatic carbocycles. The van der Waals surface area contributed by atoms with Crippen molar-refractivity contribution in [2.45, 2.75) is 50.1 Å². The number of rotatable bonds is 8. The SMILES string of the molecule is CCC(CS(=O)(=O)c1ccccc1)NC(=NC)NC(C)c1cccc(N2CCCC2)c1.I. The lowest BCUT2D eigenvalue weighted by atomic mass is 10.1. The maximum Gasteiger partial charge on any atom is 0.191 e. The average Bonchev–Trinajstić information content (AvgIpc) is 3.33. The Morgan fingerprint density at radius 3 is 2.38 bits per heavy atom. The third-order valence-electron chi connectivity index (χ3n) is 5.77. The number of hydrogen-bond acceptors (Lipinski definition) is 4. The lowest BCUT2D eigenvalue weighted by molar-refractivity contribution is 0.565. The third-order valence-corrected chi connectivity index (χ3v) is 7.61. The molecule has 176 valence electrons. The summed E-state index contributed by atoms with van der Waals surface area (Å²) in [7, 11) is -1.66. The minimum atomic E-state index is -3.37. The van der Waals surface area contributed by atoms with Crippen LogP contribution in [0.3, 0.4) is 0 Å². The number of nitrogens with one attached hydrogen (secondary N) is 2. The zero-order valence-corrected chi connectivity index (χ0v) is 22.3. The van der Waals surface area contributed by atoms with Crippen molar-refractivity contribution in [2.24, 2.45) is 4.99 Å². The number of benzene rings is 2. The molecule has 3 rings (SSSR count). The van der Waals surface area contributed by atoms with Gasteiger partial charge in [0.05, 0.1) is 16.7 Å². The molecule has 2 atom stereocenters. The second-order valence-corrected chi connectivity index (χ2v) is 10.1. The van der Waals surface area contributed by atoms with Gasteiger partial charge in [-0.3, -0.25) is 4.99 Å². The summed E-state index contributed by atoms with van der Waals surface area (Å²) in [5.74, 6) is 0.627. The summed E-state index contributed by atoms with van der Waals surface area (Å²) in [5.41, 5.74) is 2.43. The van der Waals surface area contributed by atoms with Crippen LogP contribution in [-0.2, 0) is 9.84 Å². The zero-order valence-electron chi connectivity index (χ0n) is 19.1. The molecule has 2 N–H and O–H groups in total. The van der Waals surface area contributed by atoms with Crippen molar-refractivity contribution in [3.05, 3.63) is 60.2 Å².